The van der Waals surface area contributed by atoms with E-state index in [0.717, 1.165) is 48.7 Å². The molecule has 1 aromatic heterocycles. The van der Waals surface area contributed by atoms with Crippen LogP contribution in [-0.4, -0.2) is 22.3 Å². The topological polar surface area (TPSA) is 33.2 Å². The highest BCUT2D eigenvalue weighted by Crippen LogP contribution is 2.37. The second-order valence-electron chi connectivity index (χ2n) is 6.60. The Morgan fingerprint density at radius 1 is 1.23 bits per heavy atom. The second kappa shape index (κ2) is 5.99. The summed E-state index contributed by atoms with van der Waals surface area (Å²) in [5.74, 6) is 1.17. The number of aromatic nitrogens is 1. The molecule has 2 heterocycles. The molecule has 2 fully saturated rings. The van der Waals surface area contributed by atoms with Crippen molar-refractivity contribution in [3.05, 3.63) is 29.3 Å². The molecule has 1 aliphatic heterocycles. The van der Waals surface area contributed by atoms with Crippen molar-refractivity contribution in [2.24, 2.45) is 5.92 Å². The fraction of sp³-hybridized carbons (Fsp3) is 0.556. The molecule has 1 atom stereocenters. The number of piperidine rings is 1. The largest absolute Gasteiger partial charge is 0.333 e. The van der Waals surface area contributed by atoms with Crippen molar-refractivity contribution in [3.63, 3.8) is 0 Å². The Morgan fingerprint density at radius 2 is 2.09 bits per heavy atom. The number of benzene rings is 1. The van der Waals surface area contributed by atoms with Crippen molar-refractivity contribution in [2.45, 2.75) is 51.0 Å². The minimum atomic E-state index is 0.206. The molecule has 4 heteroatoms. The number of carbonyl (C=O) groups is 1. The zero-order chi connectivity index (χ0) is 14.9. The zero-order valence-electron chi connectivity index (χ0n) is 12.8. The summed E-state index contributed by atoms with van der Waals surface area (Å²) in [5, 5.41) is 1.13. The first kappa shape index (κ1) is 14.2. The average molecular weight is 314 g/mol. The normalized spacial score (nSPS) is 22.2. The lowest BCUT2D eigenvalue weighted by molar-refractivity contribution is -0.135. The number of thiazole rings is 1. The molecule has 1 aromatic carbocycles. The van der Waals surface area contributed by atoms with Gasteiger partial charge in [0.2, 0.25) is 5.91 Å². The van der Waals surface area contributed by atoms with E-state index in [4.69, 9.17) is 4.98 Å². The van der Waals surface area contributed by atoms with Gasteiger partial charge in [0, 0.05) is 13.0 Å². The summed E-state index contributed by atoms with van der Waals surface area (Å²) >= 11 is 1.76. The summed E-state index contributed by atoms with van der Waals surface area (Å²) in [7, 11) is 0. The van der Waals surface area contributed by atoms with Crippen LogP contribution in [0, 0.1) is 5.92 Å². The fourth-order valence-corrected chi connectivity index (χ4v) is 4.51. The van der Waals surface area contributed by atoms with E-state index in [2.05, 4.69) is 23.1 Å². The number of carbonyl (C=O) groups excluding carboxylic acids is 1. The highest BCUT2D eigenvalue weighted by Gasteiger charge is 2.31. The molecule has 0 spiro atoms. The minimum Gasteiger partial charge on any atom is -0.333 e. The third-order valence-corrected chi connectivity index (χ3v) is 6.02. The van der Waals surface area contributed by atoms with Gasteiger partial charge in [-0.05, 0) is 43.7 Å². The van der Waals surface area contributed by atoms with Crippen molar-refractivity contribution in [3.8, 4) is 0 Å². The van der Waals surface area contributed by atoms with Crippen molar-refractivity contribution in [1.82, 2.24) is 9.88 Å². The summed E-state index contributed by atoms with van der Waals surface area (Å²) in [6, 6.07) is 8.49. The van der Waals surface area contributed by atoms with E-state index in [1.807, 2.05) is 6.07 Å². The van der Waals surface area contributed by atoms with Gasteiger partial charge in [0.25, 0.3) is 0 Å². The lowest BCUT2D eigenvalue weighted by Crippen LogP contribution is -2.38. The monoisotopic (exact) mass is 314 g/mol. The molecule has 0 N–H and O–H groups in total. The first-order valence-corrected chi connectivity index (χ1v) is 9.28. The van der Waals surface area contributed by atoms with Crippen LogP contribution in [0.4, 0.5) is 0 Å². The Labute approximate surface area is 135 Å². The third kappa shape index (κ3) is 2.89. The SMILES string of the molecule is O=C(CCC1CC1)N1CCCC[C@H]1c1nc2ccccc2s1. The van der Waals surface area contributed by atoms with Crippen LogP contribution in [-0.2, 0) is 4.79 Å². The van der Waals surface area contributed by atoms with Gasteiger partial charge in [-0.1, -0.05) is 25.0 Å². The van der Waals surface area contributed by atoms with E-state index >= 15 is 0 Å². The van der Waals surface area contributed by atoms with E-state index in [1.165, 1.54) is 24.0 Å². The maximum absolute atomic E-state index is 12.6. The number of nitrogens with zero attached hydrogens (tertiary/aromatic N) is 2. The van der Waals surface area contributed by atoms with Crippen LogP contribution in [0.25, 0.3) is 10.2 Å². The number of para-hydroxylation sites is 1. The molecule has 4 rings (SSSR count). The highest BCUT2D eigenvalue weighted by molar-refractivity contribution is 7.18. The van der Waals surface area contributed by atoms with E-state index in [9.17, 15) is 4.79 Å². The molecule has 1 amide bonds. The molecule has 1 saturated carbocycles. The standard InChI is InChI=1S/C18H22N2OS/c21-17(11-10-13-8-9-13)20-12-4-3-6-15(20)18-19-14-5-1-2-7-16(14)22-18/h1-2,5,7,13,15H,3-4,6,8-12H2/t15-/m0/s1. The van der Waals surface area contributed by atoms with Crippen LogP contribution in [0.2, 0.25) is 0 Å². The summed E-state index contributed by atoms with van der Waals surface area (Å²) in [6.45, 7) is 0.907. The van der Waals surface area contributed by atoms with Crippen LogP contribution >= 0.6 is 11.3 Å². The molecule has 2 aliphatic rings. The Kier molecular flexibility index (Phi) is 3.87. The van der Waals surface area contributed by atoms with Crippen molar-refractivity contribution < 1.29 is 4.79 Å². The van der Waals surface area contributed by atoms with Crippen molar-refractivity contribution in [2.75, 3.05) is 6.54 Å². The van der Waals surface area contributed by atoms with Gasteiger partial charge in [0.05, 0.1) is 16.3 Å². The first-order valence-electron chi connectivity index (χ1n) is 8.46. The highest BCUT2D eigenvalue weighted by atomic mass is 32.1. The first-order chi connectivity index (χ1) is 10.8. The smallest absolute Gasteiger partial charge is 0.223 e. The van der Waals surface area contributed by atoms with Gasteiger partial charge in [-0.2, -0.15) is 0 Å². The molecule has 22 heavy (non-hydrogen) atoms. The number of hydrogen-bond acceptors (Lipinski definition) is 3. The van der Waals surface area contributed by atoms with Gasteiger partial charge >= 0.3 is 0 Å². The van der Waals surface area contributed by atoms with Gasteiger partial charge in [0.15, 0.2) is 0 Å². The minimum absolute atomic E-state index is 0.206. The van der Waals surface area contributed by atoms with Crippen LogP contribution in [0.15, 0.2) is 24.3 Å². The summed E-state index contributed by atoms with van der Waals surface area (Å²) in [6.07, 6.45) is 7.87. The van der Waals surface area contributed by atoms with Crippen LogP contribution < -0.4 is 0 Å². The molecule has 1 aliphatic carbocycles. The van der Waals surface area contributed by atoms with Crippen LogP contribution in [0.1, 0.15) is 56.0 Å². The zero-order valence-corrected chi connectivity index (χ0v) is 13.6. The second-order valence-corrected chi connectivity index (χ2v) is 7.66. The van der Waals surface area contributed by atoms with E-state index in [0.29, 0.717) is 5.91 Å². The molecule has 0 unspecified atom stereocenters. The lowest BCUT2D eigenvalue weighted by Gasteiger charge is -2.34. The molecule has 1 saturated heterocycles. The maximum Gasteiger partial charge on any atom is 0.223 e. The van der Waals surface area contributed by atoms with Gasteiger partial charge < -0.3 is 4.90 Å². The van der Waals surface area contributed by atoms with Gasteiger partial charge in [-0.25, -0.2) is 4.98 Å². The summed E-state index contributed by atoms with van der Waals surface area (Å²) < 4.78 is 1.23. The van der Waals surface area contributed by atoms with Gasteiger partial charge in [-0.15, -0.1) is 11.3 Å². The van der Waals surface area contributed by atoms with Crippen LogP contribution in [0.3, 0.4) is 0 Å². The number of rotatable bonds is 4. The Balaban J connectivity index is 1.54. The number of hydrogen-bond donors (Lipinski definition) is 0. The maximum atomic E-state index is 12.6. The van der Waals surface area contributed by atoms with E-state index in [1.54, 1.807) is 11.3 Å². The molecule has 0 bridgehead atoms. The molecule has 3 nitrogen and oxygen atoms in total. The molecule has 0 radical (unpaired) electrons. The Hall–Kier alpha value is -1.42. The number of amides is 1. The predicted octanol–water partition coefficient (Wildman–Crippen LogP) is 4.54. The molecular weight excluding hydrogens is 292 g/mol. The van der Waals surface area contributed by atoms with E-state index < -0.39 is 0 Å². The molecule has 2 aromatic rings. The van der Waals surface area contributed by atoms with Gasteiger partial charge in [-0.3, -0.25) is 4.79 Å². The Bertz CT molecular complexity index is 644. The fourth-order valence-electron chi connectivity index (χ4n) is 3.40. The van der Waals surface area contributed by atoms with Gasteiger partial charge in [0.1, 0.15) is 5.01 Å². The third-order valence-electron chi connectivity index (χ3n) is 4.88. The lowest BCUT2D eigenvalue weighted by atomic mass is 10.0. The summed E-state index contributed by atoms with van der Waals surface area (Å²) in [4.78, 5) is 19.5. The predicted molar refractivity (Wildman–Crippen MR) is 89.9 cm³/mol. The number of fused-ring (bicyclic) bond motifs is 1. The summed E-state index contributed by atoms with van der Waals surface area (Å²) in [5.41, 5.74) is 1.07. The Morgan fingerprint density at radius 3 is 2.91 bits per heavy atom. The quantitative estimate of drug-likeness (QED) is 0.830. The van der Waals surface area contributed by atoms with Crippen molar-refractivity contribution in [1.29, 1.82) is 0 Å². The molecular formula is C18H22N2OS. The van der Waals surface area contributed by atoms with Crippen molar-refractivity contribution >= 4 is 27.5 Å². The van der Waals surface area contributed by atoms with E-state index in [-0.39, 0.29) is 6.04 Å². The molecule has 116 valence electrons. The van der Waals surface area contributed by atoms with Crippen LogP contribution in [0.5, 0.6) is 0 Å². The average Bonchev–Trinajstić information content (AvgIpc) is 3.29. The number of likely N-dealkylation sites (tertiary alicyclic amines) is 1.